The number of nitro groups is 1. The van der Waals surface area contributed by atoms with Gasteiger partial charge in [0.2, 0.25) is 0 Å². The Bertz CT molecular complexity index is 409. The third kappa shape index (κ3) is 2.56. The van der Waals surface area contributed by atoms with E-state index in [0.717, 1.165) is 24.5 Å². The van der Waals surface area contributed by atoms with Crippen LogP contribution >= 0.6 is 27.7 Å². The van der Waals surface area contributed by atoms with Gasteiger partial charge in [-0.3, -0.25) is 10.1 Å². The second-order valence-electron chi connectivity index (χ2n) is 3.48. The second-order valence-corrected chi connectivity index (χ2v) is 5.56. The lowest BCUT2D eigenvalue weighted by molar-refractivity contribution is -0.385. The minimum atomic E-state index is -0.370. The molecular formula is C10H10BrNO3S. The molecule has 0 N–H and O–H groups in total. The van der Waals surface area contributed by atoms with Crippen molar-refractivity contribution in [2.45, 2.75) is 11.0 Å². The van der Waals surface area contributed by atoms with Crippen LogP contribution in [0.1, 0.15) is 5.56 Å². The van der Waals surface area contributed by atoms with Gasteiger partial charge in [-0.2, -0.15) is 0 Å². The van der Waals surface area contributed by atoms with E-state index < -0.39 is 0 Å². The van der Waals surface area contributed by atoms with Gasteiger partial charge in [0.1, 0.15) is 0 Å². The topological polar surface area (TPSA) is 52.4 Å². The molecule has 0 bridgehead atoms. The average molecular weight is 304 g/mol. The van der Waals surface area contributed by atoms with Crippen molar-refractivity contribution in [2.24, 2.45) is 0 Å². The highest BCUT2D eigenvalue weighted by Gasteiger charge is 2.20. The molecular weight excluding hydrogens is 294 g/mol. The summed E-state index contributed by atoms with van der Waals surface area (Å²) >= 11 is 5.06. The fourth-order valence-corrected chi connectivity index (χ4v) is 3.11. The van der Waals surface area contributed by atoms with Gasteiger partial charge in [0.05, 0.1) is 27.9 Å². The minimum Gasteiger partial charge on any atom is -0.379 e. The molecule has 2 rings (SSSR count). The number of nitrogens with zero attached hydrogens (tertiary/aromatic N) is 1. The molecule has 0 atom stereocenters. The van der Waals surface area contributed by atoms with Crippen molar-refractivity contribution < 1.29 is 9.66 Å². The molecule has 0 unspecified atom stereocenters. The predicted octanol–water partition coefficient (Wildman–Crippen LogP) is 2.99. The van der Waals surface area contributed by atoms with Crippen LogP contribution in [0.3, 0.4) is 0 Å². The van der Waals surface area contributed by atoms with Crippen LogP contribution in [0.5, 0.6) is 0 Å². The Hall–Kier alpha value is -0.590. The van der Waals surface area contributed by atoms with Gasteiger partial charge < -0.3 is 4.74 Å². The number of rotatable bonds is 4. The zero-order valence-corrected chi connectivity index (χ0v) is 10.8. The van der Waals surface area contributed by atoms with Gasteiger partial charge in [0.15, 0.2) is 0 Å². The van der Waals surface area contributed by atoms with Crippen LogP contribution in [-0.4, -0.2) is 23.4 Å². The third-order valence-electron chi connectivity index (χ3n) is 2.34. The fourth-order valence-electron chi connectivity index (χ4n) is 1.34. The fraction of sp³-hybridized carbons (Fsp3) is 0.400. The van der Waals surface area contributed by atoms with Gasteiger partial charge in [-0.05, 0) is 21.5 Å². The summed E-state index contributed by atoms with van der Waals surface area (Å²) in [6, 6.07) is 5.13. The summed E-state index contributed by atoms with van der Waals surface area (Å²) in [6.07, 6.45) is 0. The molecule has 16 heavy (non-hydrogen) atoms. The normalized spacial score (nSPS) is 15.8. The summed E-state index contributed by atoms with van der Waals surface area (Å²) in [5, 5.41) is 11.3. The van der Waals surface area contributed by atoms with Gasteiger partial charge in [-0.15, -0.1) is 11.8 Å². The highest BCUT2D eigenvalue weighted by molar-refractivity contribution is 9.10. The maximum atomic E-state index is 10.7. The number of benzene rings is 1. The second kappa shape index (κ2) is 5.16. The van der Waals surface area contributed by atoms with Crippen molar-refractivity contribution in [3.8, 4) is 0 Å². The van der Waals surface area contributed by atoms with Crippen molar-refractivity contribution in [3.63, 3.8) is 0 Å². The van der Waals surface area contributed by atoms with Crippen LogP contribution in [0.2, 0.25) is 0 Å². The van der Waals surface area contributed by atoms with E-state index in [9.17, 15) is 10.1 Å². The first kappa shape index (κ1) is 11.9. The molecule has 0 aliphatic carbocycles. The number of thioether (sulfide) groups is 1. The van der Waals surface area contributed by atoms with E-state index in [-0.39, 0.29) is 10.6 Å². The molecule has 1 aromatic carbocycles. The van der Waals surface area contributed by atoms with Gasteiger partial charge in [0, 0.05) is 11.8 Å². The molecule has 0 amide bonds. The molecule has 0 radical (unpaired) electrons. The molecule has 0 aromatic heterocycles. The Morgan fingerprint density at radius 1 is 1.56 bits per heavy atom. The lowest BCUT2D eigenvalue weighted by Gasteiger charge is -2.25. The average Bonchev–Trinajstić information content (AvgIpc) is 2.17. The quantitative estimate of drug-likeness (QED) is 0.634. The molecule has 1 saturated heterocycles. The summed E-state index contributed by atoms with van der Waals surface area (Å²) in [4.78, 5) is 10.4. The molecule has 1 fully saturated rings. The largest absolute Gasteiger partial charge is 0.379 e. The standard InChI is InChI=1S/C10H10BrNO3S/c11-10-7(6-16-8-4-15-5-8)2-1-3-9(10)12(13)14/h1-3,8H,4-6H2. The van der Waals surface area contributed by atoms with Gasteiger partial charge in [-0.25, -0.2) is 0 Å². The van der Waals surface area contributed by atoms with Crippen molar-refractivity contribution in [2.75, 3.05) is 13.2 Å². The van der Waals surface area contributed by atoms with Crippen LogP contribution in [0.4, 0.5) is 5.69 Å². The zero-order chi connectivity index (χ0) is 11.5. The molecule has 86 valence electrons. The molecule has 0 saturated carbocycles. The first-order chi connectivity index (χ1) is 7.68. The third-order valence-corrected chi connectivity index (χ3v) is 4.47. The summed E-state index contributed by atoms with van der Waals surface area (Å²) in [7, 11) is 0. The van der Waals surface area contributed by atoms with E-state index in [1.165, 1.54) is 6.07 Å². The van der Waals surface area contributed by atoms with Gasteiger partial charge in [-0.1, -0.05) is 12.1 Å². The van der Waals surface area contributed by atoms with Crippen LogP contribution in [0, 0.1) is 10.1 Å². The maximum absolute atomic E-state index is 10.7. The van der Waals surface area contributed by atoms with Crippen molar-refractivity contribution in [3.05, 3.63) is 38.3 Å². The summed E-state index contributed by atoms with van der Waals surface area (Å²) < 4.78 is 5.67. The highest BCUT2D eigenvalue weighted by atomic mass is 79.9. The molecule has 4 nitrogen and oxygen atoms in total. The van der Waals surface area contributed by atoms with E-state index in [1.54, 1.807) is 17.8 Å². The van der Waals surface area contributed by atoms with E-state index in [4.69, 9.17) is 4.74 Å². The number of hydrogen-bond acceptors (Lipinski definition) is 4. The SMILES string of the molecule is O=[N+]([O-])c1cccc(CSC2COC2)c1Br. The monoisotopic (exact) mass is 303 g/mol. The van der Waals surface area contributed by atoms with Crippen LogP contribution in [0.25, 0.3) is 0 Å². The smallest absolute Gasteiger partial charge is 0.283 e. The number of nitro benzene ring substituents is 1. The first-order valence-corrected chi connectivity index (χ1v) is 6.64. The number of ether oxygens (including phenoxy) is 1. The number of hydrogen-bond donors (Lipinski definition) is 0. The molecule has 0 spiro atoms. The summed E-state index contributed by atoms with van der Waals surface area (Å²) in [5.41, 5.74) is 1.09. The Balaban J connectivity index is 2.07. The first-order valence-electron chi connectivity index (χ1n) is 4.79. The molecule has 6 heteroatoms. The van der Waals surface area contributed by atoms with Crippen molar-refractivity contribution in [1.82, 2.24) is 0 Å². The van der Waals surface area contributed by atoms with E-state index >= 15 is 0 Å². The predicted molar refractivity (Wildman–Crippen MR) is 66.7 cm³/mol. The van der Waals surface area contributed by atoms with E-state index in [1.807, 2.05) is 6.07 Å². The zero-order valence-electron chi connectivity index (χ0n) is 8.39. The molecule has 1 heterocycles. The highest BCUT2D eigenvalue weighted by Crippen LogP contribution is 2.32. The van der Waals surface area contributed by atoms with E-state index in [2.05, 4.69) is 15.9 Å². The molecule has 1 aliphatic heterocycles. The van der Waals surface area contributed by atoms with E-state index in [0.29, 0.717) is 9.72 Å². The Morgan fingerprint density at radius 2 is 2.31 bits per heavy atom. The Labute approximate surface area is 106 Å². The summed E-state index contributed by atoms with van der Waals surface area (Å²) in [6.45, 7) is 1.58. The van der Waals surface area contributed by atoms with Crippen LogP contribution in [0.15, 0.2) is 22.7 Å². The maximum Gasteiger partial charge on any atom is 0.283 e. The van der Waals surface area contributed by atoms with Gasteiger partial charge in [0.25, 0.3) is 5.69 Å². The summed E-state index contributed by atoms with van der Waals surface area (Å²) in [5.74, 6) is 0.774. The molecule has 1 aromatic rings. The van der Waals surface area contributed by atoms with Crippen molar-refractivity contribution in [1.29, 1.82) is 0 Å². The van der Waals surface area contributed by atoms with Crippen molar-refractivity contribution >= 4 is 33.4 Å². The van der Waals surface area contributed by atoms with Crippen LogP contribution < -0.4 is 0 Å². The number of halogens is 1. The van der Waals surface area contributed by atoms with Gasteiger partial charge >= 0.3 is 0 Å². The molecule has 1 aliphatic rings. The van der Waals surface area contributed by atoms with Crippen LogP contribution in [-0.2, 0) is 10.5 Å². The Kier molecular flexibility index (Phi) is 3.83. The lowest BCUT2D eigenvalue weighted by Crippen LogP contribution is -2.30. The minimum absolute atomic E-state index is 0.128. The Morgan fingerprint density at radius 3 is 2.88 bits per heavy atom. The lowest BCUT2D eigenvalue weighted by atomic mass is 10.2.